The van der Waals surface area contributed by atoms with Crippen molar-refractivity contribution in [2.24, 2.45) is 0 Å². The van der Waals surface area contributed by atoms with Crippen LogP contribution in [-0.4, -0.2) is 11.7 Å². The second kappa shape index (κ2) is 11.9. The fourth-order valence-corrected chi connectivity index (χ4v) is 9.17. The Balaban J connectivity index is 0.965. The van der Waals surface area contributed by atoms with Gasteiger partial charge in [0, 0.05) is 17.9 Å². The molecule has 1 nitrogen and oxygen atoms in total. The van der Waals surface area contributed by atoms with Crippen LogP contribution in [0.5, 0.6) is 0 Å². The maximum atomic E-state index is 9.66. The van der Waals surface area contributed by atoms with E-state index in [4.69, 9.17) is 0 Å². The first kappa shape index (κ1) is 31.0. The highest BCUT2D eigenvalue weighted by atomic mass is 16.2. The standard InChI is InChI=1S/C51H40O/c1-51(2)49-30-40(38-18-17-36-27-35(15-16-37(36)28-38)34-14-13-32-8-3-4-9-33(32)26-34)20-23-46(49)47-24-21-41(31-50(47)51)39-19-22-45-43-11-6-5-10-42(43)44(12-7-25-52)48(45)29-39/h3-6,8-11,13-24,26-31,44,52H,7,12,25H2,1-2H3. The van der Waals surface area contributed by atoms with Crippen LogP contribution < -0.4 is 0 Å². The molecular formula is C51H40O. The van der Waals surface area contributed by atoms with Gasteiger partial charge in [-0.05, 0) is 149 Å². The second-order valence-electron chi connectivity index (χ2n) is 15.3. The minimum Gasteiger partial charge on any atom is -0.396 e. The predicted octanol–water partition coefficient (Wildman–Crippen LogP) is 13.2. The second-order valence-corrected chi connectivity index (χ2v) is 15.3. The molecule has 0 saturated heterocycles. The Morgan fingerprint density at radius 2 is 0.865 bits per heavy atom. The zero-order valence-electron chi connectivity index (χ0n) is 29.7. The van der Waals surface area contributed by atoms with Crippen LogP contribution in [0.3, 0.4) is 0 Å². The zero-order valence-corrected chi connectivity index (χ0v) is 29.7. The summed E-state index contributed by atoms with van der Waals surface area (Å²) in [6, 6.07) is 59.0. The van der Waals surface area contributed by atoms with Crippen molar-refractivity contribution in [2.45, 2.75) is 38.0 Å². The third kappa shape index (κ3) is 4.88. The van der Waals surface area contributed by atoms with Gasteiger partial charge in [0.2, 0.25) is 0 Å². The first-order valence-electron chi connectivity index (χ1n) is 18.6. The Kier molecular flexibility index (Phi) is 7.10. The third-order valence-electron chi connectivity index (χ3n) is 12.0. The smallest absolute Gasteiger partial charge is 0.0431 e. The molecule has 10 rings (SSSR count). The van der Waals surface area contributed by atoms with Gasteiger partial charge in [-0.1, -0.05) is 135 Å². The topological polar surface area (TPSA) is 20.2 Å². The molecule has 0 fully saturated rings. The average molecular weight is 669 g/mol. The summed E-state index contributed by atoms with van der Waals surface area (Å²) in [5.74, 6) is 0.327. The largest absolute Gasteiger partial charge is 0.396 e. The zero-order chi connectivity index (χ0) is 35.0. The SMILES string of the molecule is CC1(C)c2cc(-c3ccc4c(c3)C(CCCO)c3ccccc3-4)ccc2-c2ccc(-c3ccc4cc(-c5ccc6ccccc6c5)ccc4c3)cc21. The molecule has 250 valence electrons. The van der Waals surface area contributed by atoms with E-state index in [-0.39, 0.29) is 12.0 Å². The van der Waals surface area contributed by atoms with E-state index in [1.54, 1.807) is 0 Å². The van der Waals surface area contributed by atoms with Crippen molar-refractivity contribution >= 4 is 21.5 Å². The highest BCUT2D eigenvalue weighted by Crippen LogP contribution is 2.52. The molecule has 1 atom stereocenters. The molecule has 0 spiro atoms. The summed E-state index contributed by atoms with van der Waals surface area (Å²) in [6.07, 6.45) is 1.77. The van der Waals surface area contributed by atoms with Gasteiger partial charge in [0.25, 0.3) is 0 Å². The molecule has 1 N–H and O–H groups in total. The maximum absolute atomic E-state index is 9.66. The van der Waals surface area contributed by atoms with Gasteiger partial charge < -0.3 is 5.11 Å². The fraction of sp³-hybridized carbons (Fsp3) is 0.137. The lowest BCUT2D eigenvalue weighted by Crippen LogP contribution is -2.15. The molecular weight excluding hydrogens is 629 g/mol. The van der Waals surface area contributed by atoms with Gasteiger partial charge in [-0.3, -0.25) is 0 Å². The molecule has 8 aromatic carbocycles. The van der Waals surface area contributed by atoms with E-state index in [0.29, 0.717) is 5.92 Å². The number of hydrogen-bond donors (Lipinski definition) is 1. The van der Waals surface area contributed by atoms with Crippen LogP contribution in [0, 0.1) is 0 Å². The first-order chi connectivity index (χ1) is 25.5. The van der Waals surface area contributed by atoms with E-state index >= 15 is 0 Å². The molecule has 2 aliphatic rings. The minimum absolute atomic E-state index is 0.126. The van der Waals surface area contributed by atoms with Gasteiger partial charge in [0.15, 0.2) is 0 Å². The normalized spacial score (nSPS) is 15.0. The molecule has 2 aliphatic carbocycles. The molecule has 0 aromatic heterocycles. The highest BCUT2D eigenvalue weighted by molar-refractivity contribution is 5.94. The summed E-state index contributed by atoms with van der Waals surface area (Å²) in [5, 5.41) is 14.7. The number of aliphatic hydroxyl groups excluding tert-OH is 1. The predicted molar refractivity (Wildman–Crippen MR) is 219 cm³/mol. The van der Waals surface area contributed by atoms with Gasteiger partial charge in [-0.25, -0.2) is 0 Å². The Bertz CT molecular complexity index is 2710. The van der Waals surface area contributed by atoms with Crippen molar-refractivity contribution in [2.75, 3.05) is 6.61 Å². The number of fused-ring (bicyclic) bond motifs is 8. The summed E-state index contributed by atoms with van der Waals surface area (Å²) in [6.45, 7) is 4.98. The molecule has 52 heavy (non-hydrogen) atoms. The van der Waals surface area contributed by atoms with Crippen LogP contribution >= 0.6 is 0 Å². The van der Waals surface area contributed by atoms with Crippen molar-refractivity contribution in [3.8, 4) is 55.6 Å². The summed E-state index contributed by atoms with van der Waals surface area (Å²) < 4.78 is 0. The van der Waals surface area contributed by atoms with Crippen molar-refractivity contribution in [3.63, 3.8) is 0 Å². The van der Waals surface area contributed by atoms with Crippen molar-refractivity contribution in [1.29, 1.82) is 0 Å². The van der Waals surface area contributed by atoms with Gasteiger partial charge in [-0.2, -0.15) is 0 Å². The quantitative estimate of drug-likeness (QED) is 0.187. The summed E-state index contributed by atoms with van der Waals surface area (Å²) in [7, 11) is 0. The first-order valence-corrected chi connectivity index (χ1v) is 18.6. The molecule has 0 heterocycles. The van der Waals surface area contributed by atoms with E-state index in [1.807, 2.05) is 0 Å². The Labute approximate surface area is 305 Å². The summed E-state index contributed by atoms with van der Waals surface area (Å²) in [4.78, 5) is 0. The van der Waals surface area contributed by atoms with Gasteiger partial charge in [-0.15, -0.1) is 0 Å². The van der Waals surface area contributed by atoms with E-state index in [0.717, 1.165) is 12.8 Å². The van der Waals surface area contributed by atoms with Crippen LogP contribution in [0.4, 0.5) is 0 Å². The van der Waals surface area contributed by atoms with Crippen LogP contribution in [0.2, 0.25) is 0 Å². The lowest BCUT2D eigenvalue weighted by atomic mass is 9.80. The summed E-state index contributed by atoms with van der Waals surface area (Å²) in [5.41, 5.74) is 18.3. The summed E-state index contributed by atoms with van der Waals surface area (Å²) >= 11 is 0. The van der Waals surface area contributed by atoms with Crippen LogP contribution in [0.25, 0.3) is 77.2 Å². The Morgan fingerprint density at radius 1 is 0.423 bits per heavy atom. The van der Waals surface area contributed by atoms with Gasteiger partial charge >= 0.3 is 0 Å². The Hall–Kier alpha value is -5.76. The Morgan fingerprint density at radius 3 is 1.48 bits per heavy atom. The van der Waals surface area contributed by atoms with Crippen LogP contribution in [-0.2, 0) is 5.41 Å². The van der Waals surface area contributed by atoms with Gasteiger partial charge in [0.05, 0.1) is 0 Å². The average Bonchev–Trinajstić information content (AvgIpc) is 3.63. The molecule has 1 unspecified atom stereocenters. The molecule has 0 aliphatic heterocycles. The fourth-order valence-electron chi connectivity index (χ4n) is 9.17. The minimum atomic E-state index is -0.126. The van der Waals surface area contributed by atoms with E-state index in [1.165, 1.54) is 99.4 Å². The molecule has 0 saturated carbocycles. The van der Waals surface area contributed by atoms with Crippen LogP contribution in [0.15, 0.2) is 158 Å². The van der Waals surface area contributed by atoms with Crippen molar-refractivity contribution < 1.29 is 5.11 Å². The monoisotopic (exact) mass is 668 g/mol. The highest BCUT2D eigenvalue weighted by Gasteiger charge is 2.36. The molecule has 0 amide bonds. The van der Waals surface area contributed by atoms with Crippen LogP contribution in [0.1, 0.15) is 54.9 Å². The van der Waals surface area contributed by atoms with E-state index in [9.17, 15) is 5.11 Å². The van der Waals surface area contributed by atoms with Crippen molar-refractivity contribution in [3.05, 3.63) is 180 Å². The molecule has 0 bridgehead atoms. The maximum Gasteiger partial charge on any atom is 0.0431 e. The number of aliphatic hydroxyl groups is 1. The lowest BCUT2D eigenvalue weighted by molar-refractivity contribution is 0.282. The third-order valence-corrected chi connectivity index (χ3v) is 12.0. The van der Waals surface area contributed by atoms with Crippen molar-refractivity contribution in [1.82, 2.24) is 0 Å². The molecule has 0 radical (unpaired) electrons. The van der Waals surface area contributed by atoms with E-state index in [2.05, 4.69) is 172 Å². The number of hydrogen-bond acceptors (Lipinski definition) is 1. The van der Waals surface area contributed by atoms with Gasteiger partial charge in [0.1, 0.15) is 0 Å². The molecule has 1 heteroatoms. The molecule has 8 aromatic rings. The van der Waals surface area contributed by atoms with E-state index < -0.39 is 0 Å². The number of rotatable bonds is 6. The number of benzene rings is 8. The lowest BCUT2D eigenvalue weighted by Gasteiger charge is -2.23.